The van der Waals surface area contributed by atoms with Crippen LogP contribution in [0.1, 0.15) is 18.1 Å². The molecule has 2 rings (SSSR count). The predicted molar refractivity (Wildman–Crippen MR) is 98.6 cm³/mol. The van der Waals surface area contributed by atoms with Crippen molar-refractivity contribution in [2.45, 2.75) is 20.1 Å². The summed E-state index contributed by atoms with van der Waals surface area (Å²) in [5.41, 5.74) is 2.27. The summed E-state index contributed by atoms with van der Waals surface area (Å²) in [6.07, 6.45) is 0. The highest BCUT2D eigenvalue weighted by Gasteiger charge is 2.11. The molecule has 24 heavy (non-hydrogen) atoms. The molecular formula is C20H28N2O2. The Labute approximate surface area is 145 Å². The number of ether oxygens (including phenoxy) is 2. The number of hydrogen-bond donors (Lipinski definition) is 1. The first kappa shape index (κ1) is 18.3. The van der Waals surface area contributed by atoms with Crippen LogP contribution in [0.15, 0.2) is 48.5 Å². The number of nitrogens with one attached hydrogen (secondary N) is 1. The number of rotatable bonds is 10. The average Bonchev–Trinajstić information content (AvgIpc) is 2.59. The van der Waals surface area contributed by atoms with E-state index in [0.29, 0.717) is 13.2 Å². The standard InChI is InChI=1S/C20H28N2O2/c1-4-23-19-12-8-11-18(15-21-13-14-22(2)3)20(19)24-16-17-9-6-5-7-10-17/h5-12,21H,4,13-16H2,1-3H3. The van der Waals surface area contributed by atoms with Gasteiger partial charge in [0.05, 0.1) is 6.61 Å². The molecule has 0 amide bonds. The quantitative estimate of drug-likeness (QED) is 0.679. The minimum atomic E-state index is 0.537. The van der Waals surface area contributed by atoms with Crippen molar-refractivity contribution in [3.05, 3.63) is 59.7 Å². The van der Waals surface area contributed by atoms with Crippen molar-refractivity contribution < 1.29 is 9.47 Å². The lowest BCUT2D eigenvalue weighted by Crippen LogP contribution is -2.26. The van der Waals surface area contributed by atoms with Gasteiger partial charge in [-0.1, -0.05) is 42.5 Å². The van der Waals surface area contributed by atoms with Gasteiger partial charge in [-0.2, -0.15) is 0 Å². The molecule has 0 aliphatic heterocycles. The van der Waals surface area contributed by atoms with Crippen molar-refractivity contribution in [1.82, 2.24) is 10.2 Å². The van der Waals surface area contributed by atoms with Crippen molar-refractivity contribution in [2.75, 3.05) is 33.8 Å². The van der Waals surface area contributed by atoms with Crippen LogP contribution in [-0.2, 0) is 13.2 Å². The molecule has 2 aromatic carbocycles. The van der Waals surface area contributed by atoms with Crippen LogP contribution in [0.3, 0.4) is 0 Å². The number of benzene rings is 2. The van der Waals surface area contributed by atoms with Gasteiger partial charge >= 0.3 is 0 Å². The molecule has 0 saturated heterocycles. The van der Waals surface area contributed by atoms with E-state index in [4.69, 9.17) is 9.47 Å². The summed E-state index contributed by atoms with van der Waals surface area (Å²) in [4.78, 5) is 2.16. The molecular weight excluding hydrogens is 300 g/mol. The van der Waals surface area contributed by atoms with Crippen molar-refractivity contribution in [3.8, 4) is 11.5 Å². The molecule has 0 fully saturated rings. The Kier molecular flexibility index (Phi) is 7.59. The lowest BCUT2D eigenvalue weighted by molar-refractivity contribution is 0.266. The fraction of sp³-hybridized carbons (Fsp3) is 0.400. The minimum absolute atomic E-state index is 0.537. The zero-order valence-corrected chi connectivity index (χ0v) is 14.9. The average molecular weight is 328 g/mol. The van der Waals surface area contributed by atoms with Crippen molar-refractivity contribution in [1.29, 1.82) is 0 Å². The highest BCUT2D eigenvalue weighted by molar-refractivity contribution is 5.46. The van der Waals surface area contributed by atoms with E-state index in [0.717, 1.165) is 42.3 Å². The monoisotopic (exact) mass is 328 g/mol. The molecule has 0 heterocycles. The molecule has 2 aromatic rings. The zero-order valence-electron chi connectivity index (χ0n) is 14.9. The van der Waals surface area contributed by atoms with Gasteiger partial charge in [-0.25, -0.2) is 0 Å². The molecule has 4 heteroatoms. The van der Waals surface area contributed by atoms with E-state index < -0.39 is 0 Å². The maximum absolute atomic E-state index is 6.11. The van der Waals surface area contributed by atoms with Crippen LogP contribution < -0.4 is 14.8 Å². The number of likely N-dealkylation sites (N-methyl/N-ethyl adjacent to an activating group) is 1. The summed E-state index contributed by atoms with van der Waals surface area (Å²) in [5.74, 6) is 1.64. The smallest absolute Gasteiger partial charge is 0.166 e. The van der Waals surface area contributed by atoms with Gasteiger partial charge in [0.1, 0.15) is 6.61 Å². The van der Waals surface area contributed by atoms with Gasteiger partial charge < -0.3 is 19.7 Å². The van der Waals surface area contributed by atoms with Crippen molar-refractivity contribution >= 4 is 0 Å². The number of para-hydroxylation sites is 1. The van der Waals surface area contributed by atoms with Crippen LogP contribution in [0, 0.1) is 0 Å². The predicted octanol–water partition coefficient (Wildman–Crippen LogP) is 3.32. The van der Waals surface area contributed by atoms with E-state index in [1.807, 2.05) is 37.3 Å². The molecule has 0 spiro atoms. The van der Waals surface area contributed by atoms with Crippen LogP contribution in [0.2, 0.25) is 0 Å². The third-order valence-electron chi connectivity index (χ3n) is 3.64. The molecule has 1 N–H and O–H groups in total. The van der Waals surface area contributed by atoms with Gasteiger partial charge in [0.15, 0.2) is 11.5 Å². The third-order valence-corrected chi connectivity index (χ3v) is 3.64. The lowest BCUT2D eigenvalue weighted by atomic mass is 10.1. The van der Waals surface area contributed by atoms with E-state index in [1.54, 1.807) is 0 Å². The van der Waals surface area contributed by atoms with E-state index in [2.05, 4.69) is 42.5 Å². The van der Waals surface area contributed by atoms with Gasteiger partial charge in [-0.15, -0.1) is 0 Å². The minimum Gasteiger partial charge on any atom is -0.490 e. The maximum atomic E-state index is 6.11. The van der Waals surface area contributed by atoms with Crippen molar-refractivity contribution in [2.24, 2.45) is 0 Å². The summed E-state index contributed by atoms with van der Waals surface area (Å²) in [6.45, 7) is 5.85. The topological polar surface area (TPSA) is 33.7 Å². The Bertz CT molecular complexity index is 600. The van der Waals surface area contributed by atoms with Gasteiger partial charge in [0.25, 0.3) is 0 Å². The highest BCUT2D eigenvalue weighted by atomic mass is 16.5. The zero-order chi connectivity index (χ0) is 17.2. The van der Waals surface area contributed by atoms with Crippen molar-refractivity contribution in [3.63, 3.8) is 0 Å². The summed E-state index contributed by atoms with van der Waals surface area (Å²) in [5, 5.41) is 3.46. The molecule has 0 radical (unpaired) electrons. The van der Waals surface area contributed by atoms with E-state index >= 15 is 0 Å². The Morgan fingerprint density at radius 2 is 1.75 bits per heavy atom. The van der Waals surface area contributed by atoms with E-state index in [9.17, 15) is 0 Å². The molecule has 0 aromatic heterocycles. The van der Waals surface area contributed by atoms with Gasteiger partial charge in [-0.05, 0) is 32.6 Å². The van der Waals surface area contributed by atoms with Crippen LogP contribution >= 0.6 is 0 Å². The first-order valence-corrected chi connectivity index (χ1v) is 8.47. The second-order valence-electron chi connectivity index (χ2n) is 5.93. The summed E-state index contributed by atoms with van der Waals surface area (Å²) in [7, 11) is 4.15. The Balaban J connectivity index is 2.06. The molecule has 0 saturated carbocycles. The normalized spacial score (nSPS) is 10.8. The fourth-order valence-corrected chi connectivity index (χ4v) is 2.39. The summed E-state index contributed by atoms with van der Waals surface area (Å²) < 4.78 is 11.9. The van der Waals surface area contributed by atoms with Crippen LogP contribution in [0.25, 0.3) is 0 Å². The van der Waals surface area contributed by atoms with Gasteiger partial charge in [-0.3, -0.25) is 0 Å². The highest BCUT2D eigenvalue weighted by Crippen LogP contribution is 2.32. The van der Waals surface area contributed by atoms with Crippen LogP contribution in [0.5, 0.6) is 11.5 Å². The number of hydrogen-bond acceptors (Lipinski definition) is 4. The molecule has 0 unspecified atom stereocenters. The van der Waals surface area contributed by atoms with E-state index in [-0.39, 0.29) is 0 Å². The van der Waals surface area contributed by atoms with Crippen LogP contribution in [0.4, 0.5) is 0 Å². The first-order chi connectivity index (χ1) is 11.7. The Morgan fingerprint density at radius 3 is 2.46 bits per heavy atom. The molecule has 0 bridgehead atoms. The molecule has 0 atom stereocenters. The second kappa shape index (κ2) is 9.96. The molecule has 0 aliphatic rings. The Morgan fingerprint density at radius 1 is 0.958 bits per heavy atom. The van der Waals surface area contributed by atoms with Gasteiger partial charge in [0, 0.05) is 25.2 Å². The second-order valence-corrected chi connectivity index (χ2v) is 5.93. The fourth-order valence-electron chi connectivity index (χ4n) is 2.39. The third kappa shape index (κ3) is 5.87. The van der Waals surface area contributed by atoms with Crippen LogP contribution in [-0.4, -0.2) is 38.7 Å². The molecule has 0 aliphatic carbocycles. The summed E-state index contributed by atoms with van der Waals surface area (Å²) >= 11 is 0. The Hall–Kier alpha value is -2.04. The SMILES string of the molecule is CCOc1cccc(CNCCN(C)C)c1OCc1ccccc1. The largest absolute Gasteiger partial charge is 0.490 e. The van der Waals surface area contributed by atoms with Gasteiger partial charge in [0.2, 0.25) is 0 Å². The first-order valence-electron chi connectivity index (χ1n) is 8.47. The molecule has 4 nitrogen and oxygen atoms in total. The van der Waals surface area contributed by atoms with E-state index in [1.165, 1.54) is 0 Å². The number of nitrogens with zero attached hydrogens (tertiary/aromatic N) is 1. The summed E-state index contributed by atoms with van der Waals surface area (Å²) in [6, 6.07) is 16.3. The maximum Gasteiger partial charge on any atom is 0.166 e. The molecule has 130 valence electrons. The lowest BCUT2D eigenvalue weighted by Gasteiger charge is -2.17.